The first-order valence-electron chi connectivity index (χ1n) is 9.87. The molecular weight excluding hydrogens is 454 g/mol. The summed E-state index contributed by atoms with van der Waals surface area (Å²) in [5, 5.41) is 1.54. The van der Waals surface area contributed by atoms with Gasteiger partial charge in [-0.2, -0.15) is 4.31 Å². The van der Waals surface area contributed by atoms with Crippen LogP contribution < -0.4 is 5.32 Å². The highest BCUT2D eigenvalue weighted by molar-refractivity contribution is 8.02. The second kappa shape index (κ2) is 9.40. The molecule has 9 heteroatoms. The van der Waals surface area contributed by atoms with E-state index >= 15 is 0 Å². The Hall–Kier alpha value is -2.75. The Kier molecular flexibility index (Phi) is 6.59. The first-order chi connectivity index (χ1) is 15.4. The molecule has 1 unspecified atom stereocenters. The zero-order chi connectivity index (χ0) is 22.7. The molecule has 0 radical (unpaired) electrons. The smallest absolute Gasteiger partial charge is 0.249 e. The van der Waals surface area contributed by atoms with E-state index in [4.69, 9.17) is 0 Å². The number of carbonyl (C=O) groups excluding carboxylic acids is 1. The summed E-state index contributed by atoms with van der Waals surface area (Å²) in [4.78, 5) is 12.8. The molecule has 1 N–H and O–H groups in total. The van der Waals surface area contributed by atoms with Gasteiger partial charge in [0, 0.05) is 25.8 Å². The first kappa shape index (κ1) is 22.4. The average molecular weight is 477 g/mol. The molecule has 3 aromatic carbocycles. The molecule has 1 atom stereocenters. The Balaban J connectivity index is 0.00000306. The Labute approximate surface area is 191 Å². The predicted molar refractivity (Wildman–Crippen MR) is 122 cm³/mol. The van der Waals surface area contributed by atoms with E-state index in [0.717, 1.165) is 21.5 Å². The van der Waals surface area contributed by atoms with E-state index in [-0.39, 0.29) is 25.0 Å². The third kappa shape index (κ3) is 4.55. The lowest BCUT2D eigenvalue weighted by molar-refractivity contribution is -0.122. The number of benzene rings is 3. The van der Waals surface area contributed by atoms with Crippen LogP contribution in [-0.4, -0.2) is 36.3 Å². The van der Waals surface area contributed by atoms with Gasteiger partial charge in [0.1, 0.15) is 5.37 Å². The maximum Gasteiger partial charge on any atom is 0.249 e. The van der Waals surface area contributed by atoms with Gasteiger partial charge in [0.2, 0.25) is 15.9 Å². The molecule has 4 rings (SSSR count). The van der Waals surface area contributed by atoms with Gasteiger partial charge in [-0.05, 0) is 29.3 Å². The van der Waals surface area contributed by atoms with Crippen molar-refractivity contribution in [2.75, 3.05) is 12.3 Å². The van der Waals surface area contributed by atoms with Crippen LogP contribution in [0.5, 0.6) is 0 Å². The summed E-state index contributed by atoms with van der Waals surface area (Å²) in [6.07, 6.45) is 0. The van der Waals surface area contributed by atoms with Crippen LogP contribution in [0, 0.1) is 11.6 Å². The minimum atomic E-state index is -3.91. The fraction of sp³-hybridized carbons (Fsp3) is 0.174. The minimum absolute atomic E-state index is 0. The lowest BCUT2D eigenvalue weighted by atomic mass is 10.1. The van der Waals surface area contributed by atoms with Crippen LogP contribution in [0.4, 0.5) is 8.78 Å². The molecule has 168 valence electrons. The van der Waals surface area contributed by atoms with E-state index < -0.39 is 32.9 Å². The van der Waals surface area contributed by atoms with Gasteiger partial charge < -0.3 is 5.32 Å². The zero-order valence-corrected chi connectivity index (χ0v) is 18.5. The standard InChI is InChI=1S/C23H20F2N2O3S2.H2/c24-20-8-4-7-18(21(20)25)15-26-22(28)23-27(13-14-31-23)32(29,30)19-11-9-17(10-12-19)16-5-2-1-3-6-16;/h1-12,23H,13-15H2,(H,26,28);1H. The van der Waals surface area contributed by atoms with E-state index in [1.807, 2.05) is 30.3 Å². The predicted octanol–water partition coefficient (Wildman–Crippen LogP) is 4.26. The molecule has 32 heavy (non-hydrogen) atoms. The van der Waals surface area contributed by atoms with Gasteiger partial charge in [-0.15, -0.1) is 11.8 Å². The number of carbonyl (C=O) groups is 1. The molecule has 0 aromatic heterocycles. The number of nitrogens with one attached hydrogen (secondary N) is 1. The fourth-order valence-electron chi connectivity index (χ4n) is 3.45. The van der Waals surface area contributed by atoms with Crippen molar-refractivity contribution in [2.24, 2.45) is 0 Å². The molecule has 1 fully saturated rings. The summed E-state index contributed by atoms with van der Waals surface area (Å²) in [6, 6.07) is 19.8. The van der Waals surface area contributed by atoms with Crippen molar-refractivity contribution in [2.45, 2.75) is 16.8 Å². The van der Waals surface area contributed by atoms with Crippen molar-refractivity contribution in [1.82, 2.24) is 9.62 Å². The second-order valence-electron chi connectivity index (χ2n) is 7.16. The van der Waals surface area contributed by atoms with Crippen LogP contribution in [-0.2, 0) is 21.4 Å². The molecule has 1 aliphatic rings. The fourth-order valence-corrected chi connectivity index (χ4v) is 6.55. The van der Waals surface area contributed by atoms with E-state index in [1.54, 1.807) is 12.1 Å². The average Bonchev–Trinajstić information content (AvgIpc) is 3.32. The number of thioether (sulfide) groups is 1. The van der Waals surface area contributed by atoms with Gasteiger partial charge in [-0.25, -0.2) is 17.2 Å². The molecule has 5 nitrogen and oxygen atoms in total. The topological polar surface area (TPSA) is 66.5 Å². The number of hydrogen-bond acceptors (Lipinski definition) is 4. The number of nitrogens with zero attached hydrogens (tertiary/aromatic N) is 1. The van der Waals surface area contributed by atoms with Gasteiger partial charge in [-0.3, -0.25) is 4.79 Å². The maximum absolute atomic E-state index is 13.8. The first-order valence-corrected chi connectivity index (χ1v) is 12.4. The molecule has 1 heterocycles. The molecule has 0 aliphatic carbocycles. The van der Waals surface area contributed by atoms with Crippen LogP contribution in [0.15, 0.2) is 77.7 Å². The third-order valence-corrected chi connectivity index (χ3v) is 8.34. The van der Waals surface area contributed by atoms with Gasteiger partial charge in [0.05, 0.1) is 4.90 Å². The number of rotatable bonds is 6. The second-order valence-corrected chi connectivity index (χ2v) is 10.2. The Morgan fingerprint density at radius 3 is 2.41 bits per heavy atom. The molecule has 1 amide bonds. The van der Waals surface area contributed by atoms with Crippen molar-refractivity contribution in [3.05, 3.63) is 90.0 Å². The summed E-state index contributed by atoms with van der Waals surface area (Å²) < 4.78 is 54.7. The van der Waals surface area contributed by atoms with Gasteiger partial charge in [-0.1, -0.05) is 54.6 Å². The Morgan fingerprint density at radius 2 is 1.69 bits per heavy atom. The van der Waals surface area contributed by atoms with E-state index in [1.165, 1.54) is 36.0 Å². The minimum Gasteiger partial charge on any atom is -0.350 e. The summed E-state index contributed by atoms with van der Waals surface area (Å²) in [7, 11) is -3.91. The molecular formula is C23H22F2N2O3S2. The Morgan fingerprint density at radius 1 is 1.00 bits per heavy atom. The number of amides is 1. The molecule has 0 bridgehead atoms. The lowest BCUT2D eigenvalue weighted by Gasteiger charge is -2.22. The Bertz CT molecular complexity index is 1230. The number of sulfonamides is 1. The van der Waals surface area contributed by atoms with Crippen molar-refractivity contribution in [3.63, 3.8) is 0 Å². The van der Waals surface area contributed by atoms with Crippen LogP contribution in [0.2, 0.25) is 0 Å². The van der Waals surface area contributed by atoms with Crippen LogP contribution >= 0.6 is 11.8 Å². The van der Waals surface area contributed by atoms with Crippen LogP contribution in [0.1, 0.15) is 6.99 Å². The summed E-state index contributed by atoms with van der Waals surface area (Å²) >= 11 is 1.19. The van der Waals surface area contributed by atoms with Crippen molar-refractivity contribution in [3.8, 4) is 11.1 Å². The number of halogens is 2. The maximum atomic E-state index is 13.8. The van der Waals surface area contributed by atoms with Gasteiger partial charge in [0.15, 0.2) is 11.6 Å². The van der Waals surface area contributed by atoms with E-state index in [0.29, 0.717) is 5.75 Å². The molecule has 3 aromatic rings. The van der Waals surface area contributed by atoms with Crippen molar-refractivity contribution >= 4 is 27.7 Å². The van der Waals surface area contributed by atoms with Crippen molar-refractivity contribution in [1.29, 1.82) is 0 Å². The summed E-state index contributed by atoms with van der Waals surface area (Å²) in [6.45, 7) is -0.0566. The zero-order valence-electron chi connectivity index (χ0n) is 16.9. The third-order valence-electron chi connectivity index (χ3n) is 5.13. The largest absolute Gasteiger partial charge is 0.350 e. The normalized spacial score (nSPS) is 16.8. The van der Waals surface area contributed by atoms with Gasteiger partial charge >= 0.3 is 0 Å². The molecule has 0 saturated carbocycles. The number of hydrogen-bond donors (Lipinski definition) is 1. The van der Waals surface area contributed by atoms with Gasteiger partial charge in [0.25, 0.3) is 0 Å². The lowest BCUT2D eigenvalue weighted by Crippen LogP contribution is -2.44. The van der Waals surface area contributed by atoms with Crippen molar-refractivity contribution < 1.29 is 23.4 Å². The molecule has 1 aliphatic heterocycles. The SMILES string of the molecule is O=C(NCc1cccc(F)c1F)C1SCCN1S(=O)(=O)c1ccc(-c2ccccc2)cc1.[HH]. The monoisotopic (exact) mass is 476 g/mol. The summed E-state index contributed by atoms with van der Waals surface area (Å²) in [5.41, 5.74) is 1.84. The summed E-state index contributed by atoms with van der Waals surface area (Å²) in [5.74, 6) is -2.15. The van der Waals surface area contributed by atoms with Crippen LogP contribution in [0.3, 0.4) is 0 Å². The molecule has 1 saturated heterocycles. The molecule has 0 spiro atoms. The quantitative estimate of drug-likeness (QED) is 0.578. The van der Waals surface area contributed by atoms with E-state index in [9.17, 15) is 22.0 Å². The highest BCUT2D eigenvalue weighted by Crippen LogP contribution is 2.31. The van der Waals surface area contributed by atoms with E-state index in [2.05, 4.69) is 5.32 Å². The highest BCUT2D eigenvalue weighted by atomic mass is 32.2. The highest BCUT2D eigenvalue weighted by Gasteiger charge is 2.40. The van der Waals surface area contributed by atoms with Crippen LogP contribution in [0.25, 0.3) is 11.1 Å².